The molecule has 0 radical (unpaired) electrons. The van der Waals surface area contributed by atoms with E-state index in [1.807, 2.05) is 36.4 Å². The van der Waals surface area contributed by atoms with Crippen LogP contribution >= 0.6 is 0 Å². The minimum absolute atomic E-state index is 0.139. The van der Waals surface area contributed by atoms with Gasteiger partial charge in [0.1, 0.15) is 0 Å². The van der Waals surface area contributed by atoms with Crippen molar-refractivity contribution >= 4 is 16.1 Å². The topological polar surface area (TPSA) is 69.7 Å². The number of fused-ring (bicyclic) bond motifs is 1. The summed E-state index contributed by atoms with van der Waals surface area (Å²) < 4.78 is 25.8. The van der Waals surface area contributed by atoms with Crippen molar-refractivity contribution in [2.45, 2.75) is 24.4 Å². The Morgan fingerprint density at radius 3 is 2.54 bits per heavy atom. The van der Waals surface area contributed by atoms with Gasteiger partial charge in [0.25, 0.3) is 0 Å². The van der Waals surface area contributed by atoms with Crippen molar-refractivity contribution in [3.05, 3.63) is 65.2 Å². The Hall–Kier alpha value is -2.38. The lowest BCUT2D eigenvalue weighted by atomic mass is 10.0. The van der Waals surface area contributed by atoms with E-state index in [9.17, 15) is 13.2 Å². The number of hydrogen-bond acceptors (Lipinski definition) is 3. The molecule has 0 spiro atoms. The summed E-state index contributed by atoms with van der Waals surface area (Å²) in [7, 11) is -0.456. The van der Waals surface area contributed by atoms with Crippen LogP contribution in [0.5, 0.6) is 0 Å². The van der Waals surface area contributed by atoms with Crippen LogP contribution in [0, 0.1) is 0 Å². The molecule has 7 heteroatoms. The molecule has 0 fully saturated rings. The molecule has 2 aromatic carbocycles. The summed E-state index contributed by atoms with van der Waals surface area (Å²) in [5, 5.41) is 2.92. The first-order chi connectivity index (χ1) is 12.4. The highest BCUT2D eigenvalue weighted by Gasteiger charge is 2.24. The molecule has 26 heavy (non-hydrogen) atoms. The molecule has 0 aliphatic carbocycles. The number of carbonyl (C=O) groups is 1. The van der Waals surface area contributed by atoms with Gasteiger partial charge in [-0.25, -0.2) is 17.5 Å². The number of carbonyl (C=O) groups excluding carboxylic acids is 1. The Balaban J connectivity index is 1.71. The van der Waals surface area contributed by atoms with Crippen LogP contribution in [0.25, 0.3) is 0 Å². The summed E-state index contributed by atoms with van der Waals surface area (Å²) in [6.07, 6.45) is 0.719. The lowest BCUT2D eigenvalue weighted by Crippen LogP contribution is -2.42. The Morgan fingerprint density at radius 2 is 1.85 bits per heavy atom. The number of urea groups is 1. The molecule has 0 saturated carbocycles. The third-order valence-electron chi connectivity index (χ3n) is 4.54. The minimum atomic E-state index is -3.48. The second-order valence-corrected chi connectivity index (χ2v) is 8.69. The van der Waals surface area contributed by atoms with Crippen molar-refractivity contribution in [3.63, 3.8) is 0 Å². The third-order valence-corrected chi connectivity index (χ3v) is 6.35. The quantitative estimate of drug-likeness (QED) is 0.893. The fourth-order valence-electron chi connectivity index (χ4n) is 2.96. The zero-order chi connectivity index (χ0) is 18.7. The standard InChI is InChI=1S/C19H23N3O3S/c1-21(2)26(24,25)18-9-8-16-10-11-22(14-17(16)12-18)19(23)20-13-15-6-4-3-5-7-15/h3-9,12H,10-11,13-14H2,1-2H3,(H,20,23). The van der Waals surface area contributed by atoms with Crippen LogP contribution in [0.4, 0.5) is 4.79 Å². The van der Waals surface area contributed by atoms with Gasteiger partial charge in [0, 0.05) is 33.7 Å². The molecule has 0 aromatic heterocycles. The number of nitrogens with one attached hydrogen (secondary N) is 1. The molecule has 6 nitrogen and oxygen atoms in total. The van der Waals surface area contributed by atoms with Gasteiger partial charge < -0.3 is 10.2 Å². The van der Waals surface area contributed by atoms with Crippen LogP contribution in [0.2, 0.25) is 0 Å². The number of benzene rings is 2. The lowest BCUT2D eigenvalue weighted by Gasteiger charge is -2.29. The average Bonchev–Trinajstić information content (AvgIpc) is 2.65. The Morgan fingerprint density at radius 1 is 1.12 bits per heavy atom. The number of hydrogen-bond donors (Lipinski definition) is 1. The third kappa shape index (κ3) is 3.89. The Bertz CT molecular complexity index is 896. The fourth-order valence-corrected chi connectivity index (χ4v) is 3.92. The van der Waals surface area contributed by atoms with E-state index in [1.165, 1.54) is 18.4 Å². The maximum atomic E-state index is 12.5. The lowest BCUT2D eigenvalue weighted by molar-refractivity contribution is 0.192. The van der Waals surface area contributed by atoms with Gasteiger partial charge in [0.2, 0.25) is 10.0 Å². The molecule has 3 rings (SSSR count). The van der Waals surface area contributed by atoms with E-state index in [2.05, 4.69) is 5.32 Å². The normalized spacial score (nSPS) is 14.2. The molecular weight excluding hydrogens is 350 g/mol. The summed E-state index contributed by atoms with van der Waals surface area (Å²) in [5.74, 6) is 0. The van der Waals surface area contributed by atoms with Crippen molar-refractivity contribution in [1.82, 2.24) is 14.5 Å². The van der Waals surface area contributed by atoms with E-state index in [-0.39, 0.29) is 10.9 Å². The maximum Gasteiger partial charge on any atom is 0.317 e. The molecule has 2 amide bonds. The summed E-state index contributed by atoms with van der Waals surface area (Å²) in [5.41, 5.74) is 3.02. The van der Waals surface area contributed by atoms with Gasteiger partial charge >= 0.3 is 6.03 Å². The highest BCUT2D eigenvalue weighted by atomic mass is 32.2. The molecule has 2 aromatic rings. The molecule has 138 valence electrons. The second-order valence-electron chi connectivity index (χ2n) is 6.53. The van der Waals surface area contributed by atoms with E-state index < -0.39 is 10.0 Å². The summed E-state index contributed by atoms with van der Waals surface area (Å²) in [6.45, 7) is 1.50. The van der Waals surface area contributed by atoms with Crippen molar-refractivity contribution in [3.8, 4) is 0 Å². The van der Waals surface area contributed by atoms with Gasteiger partial charge in [-0.15, -0.1) is 0 Å². The number of rotatable bonds is 4. The highest BCUT2D eigenvalue weighted by Crippen LogP contribution is 2.23. The largest absolute Gasteiger partial charge is 0.334 e. The molecule has 0 unspecified atom stereocenters. The van der Waals surface area contributed by atoms with E-state index in [0.717, 1.165) is 23.1 Å². The highest BCUT2D eigenvalue weighted by molar-refractivity contribution is 7.89. The van der Waals surface area contributed by atoms with Crippen LogP contribution in [0.3, 0.4) is 0 Å². The Kier molecular flexibility index (Phi) is 5.29. The van der Waals surface area contributed by atoms with Crippen molar-refractivity contribution in [2.75, 3.05) is 20.6 Å². The molecule has 0 saturated heterocycles. The summed E-state index contributed by atoms with van der Waals surface area (Å²) >= 11 is 0. The molecule has 1 aliphatic rings. The van der Waals surface area contributed by atoms with Crippen LogP contribution < -0.4 is 5.32 Å². The monoisotopic (exact) mass is 373 g/mol. The first-order valence-electron chi connectivity index (χ1n) is 8.49. The second kappa shape index (κ2) is 7.47. The fraction of sp³-hybridized carbons (Fsp3) is 0.316. The van der Waals surface area contributed by atoms with Gasteiger partial charge in [-0.2, -0.15) is 0 Å². The van der Waals surface area contributed by atoms with E-state index >= 15 is 0 Å². The van der Waals surface area contributed by atoms with Crippen molar-refractivity contribution < 1.29 is 13.2 Å². The van der Waals surface area contributed by atoms with Crippen LogP contribution in [-0.2, 0) is 29.5 Å². The molecular formula is C19H23N3O3S. The predicted octanol–water partition coefficient (Wildman–Crippen LogP) is 2.20. The number of amides is 2. The first-order valence-corrected chi connectivity index (χ1v) is 9.93. The molecule has 0 bridgehead atoms. The van der Waals surface area contributed by atoms with Crippen molar-refractivity contribution in [2.24, 2.45) is 0 Å². The van der Waals surface area contributed by atoms with Gasteiger partial charge in [-0.3, -0.25) is 0 Å². The van der Waals surface area contributed by atoms with E-state index in [0.29, 0.717) is 19.6 Å². The minimum Gasteiger partial charge on any atom is -0.334 e. The molecule has 1 N–H and O–H groups in total. The average molecular weight is 373 g/mol. The first kappa shape index (κ1) is 18.4. The summed E-state index contributed by atoms with van der Waals surface area (Å²) in [6, 6.07) is 14.8. The van der Waals surface area contributed by atoms with Crippen LogP contribution in [-0.4, -0.2) is 44.3 Å². The molecule has 0 atom stereocenters. The SMILES string of the molecule is CN(C)S(=O)(=O)c1ccc2c(c1)CN(C(=O)NCc1ccccc1)CC2. The van der Waals surface area contributed by atoms with Gasteiger partial charge in [0.15, 0.2) is 0 Å². The van der Waals surface area contributed by atoms with Crippen LogP contribution in [0.1, 0.15) is 16.7 Å². The van der Waals surface area contributed by atoms with E-state index in [4.69, 9.17) is 0 Å². The van der Waals surface area contributed by atoms with Gasteiger partial charge in [-0.1, -0.05) is 36.4 Å². The zero-order valence-corrected chi connectivity index (χ0v) is 15.8. The number of sulfonamides is 1. The number of nitrogens with zero attached hydrogens (tertiary/aromatic N) is 2. The van der Waals surface area contributed by atoms with Gasteiger partial charge in [-0.05, 0) is 35.2 Å². The maximum absolute atomic E-state index is 12.5. The Labute approximate surface area is 154 Å². The molecule has 1 aliphatic heterocycles. The van der Waals surface area contributed by atoms with Crippen LogP contribution in [0.15, 0.2) is 53.4 Å². The van der Waals surface area contributed by atoms with Crippen molar-refractivity contribution in [1.29, 1.82) is 0 Å². The zero-order valence-electron chi connectivity index (χ0n) is 15.0. The summed E-state index contributed by atoms with van der Waals surface area (Å²) in [4.78, 5) is 14.4. The van der Waals surface area contributed by atoms with Gasteiger partial charge in [0.05, 0.1) is 4.90 Å². The molecule has 1 heterocycles. The van der Waals surface area contributed by atoms with E-state index in [1.54, 1.807) is 17.0 Å². The smallest absolute Gasteiger partial charge is 0.317 e. The predicted molar refractivity (Wildman–Crippen MR) is 100 cm³/mol.